The summed E-state index contributed by atoms with van der Waals surface area (Å²) in [6.45, 7) is 0. The molecule has 1 N–H and O–H groups in total. The Morgan fingerprint density at radius 3 is 2.50 bits per heavy atom. The average Bonchev–Trinajstić information content (AvgIpc) is 2.32. The minimum atomic E-state index is -4.68. The van der Waals surface area contributed by atoms with Gasteiger partial charge in [0.15, 0.2) is 0 Å². The molecule has 1 atom stereocenters. The molecule has 0 saturated heterocycles. The summed E-state index contributed by atoms with van der Waals surface area (Å²) in [5.74, 6) is 0. The molecule has 0 aliphatic carbocycles. The molecule has 0 radical (unpaired) electrons. The fraction of sp³-hybridized carbons (Fsp3) is 0.400. The van der Waals surface area contributed by atoms with Crippen LogP contribution < -0.4 is 0 Å². The van der Waals surface area contributed by atoms with E-state index in [4.69, 9.17) is 16.7 Å². The maximum atomic E-state index is 11.8. The van der Waals surface area contributed by atoms with E-state index in [1.54, 1.807) is 0 Å². The Kier molecular flexibility index (Phi) is 2.60. The van der Waals surface area contributed by atoms with Crippen molar-refractivity contribution >= 4 is 22.9 Å². The smallest absolute Gasteiger partial charge is 0.377 e. The molecule has 1 aromatic heterocycles. The summed E-state index contributed by atoms with van der Waals surface area (Å²) >= 11 is 5.94. The lowest BCUT2D eigenvalue weighted by Gasteiger charge is -2.10. The van der Waals surface area contributed by atoms with Gasteiger partial charge in [-0.1, -0.05) is 11.6 Å². The van der Waals surface area contributed by atoms with Crippen LogP contribution in [0.5, 0.6) is 0 Å². The molecule has 68 valence electrons. The highest BCUT2D eigenvalue weighted by Gasteiger charge is 2.41. The van der Waals surface area contributed by atoms with Crippen molar-refractivity contribution in [2.75, 3.05) is 0 Å². The Balaban J connectivity index is 2.85. The van der Waals surface area contributed by atoms with Crippen LogP contribution >= 0.6 is 22.9 Å². The zero-order valence-corrected chi connectivity index (χ0v) is 7.04. The number of aliphatic hydroxyl groups is 1. The molecule has 0 aliphatic rings. The molecule has 0 amide bonds. The number of rotatable bonds is 1. The van der Waals surface area contributed by atoms with Gasteiger partial charge in [0.05, 0.1) is 6.20 Å². The highest BCUT2D eigenvalue weighted by molar-refractivity contribution is 7.15. The Bertz CT molecular complexity index is 274. The minimum absolute atomic E-state index is 0.119. The van der Waals surface area contributed by atoms with Gasteiger partial charge in [0, 0.05) is 0 Å². The first-order valence-corrected chi connectivity index (χ1v) is 3.96. The number of hydrogen-bond donors (Lipinski definition) is 1. The van der Waals surface area contributed by atoms with Gasteiger partial charge in [-0.25, -0.2) is 4.98 Å². The predicted molar refractivity (Wildman–Crippen MR) is 38.1 cm³/mol. The number of nitrogens with zero attached hydrogens (tertiary/aromatic N) is 1. The van der Waals surface area contributed by atoms with E-state index < -0.39 is 17.3 Å². The second kappa shape index (κ2) is 3.20. The van der Waals surface area contributed by atoms with Crippen LogP contribution in [-0.2, 0) is 0 Å². The van der Waals surface area contributed by atoms with Crippen molar-refractivity contribution in [3.63, 3.8) is 0 Å². The average molecular weight is 218 g/mol. The van der Waals surface area contributed by atoms with E-state index in [0.29, 0.717) is 11.3 Å². The SMILES string of the molecule is OC(c1ncc(Cl)s1)C(F)(F)F. The molecule has 12 heavy (non-hydrogen) atoms. The number of aliphatic hydroxyl groups excluding tert-OH is 1. The second-order valence-corrected chi connectivity index (χ2v) is 3.64. The topological polar surface area (TPSA) is 33.1 Å². The van der Waals surface area contributed by atoms with Crippen molar-refractivity contribution in [1.82, 2.24) is 4.98 Å². The van der Waals surface area contributed by atoms with E-state index in [1.165, 1.54) is 0 Å². The van der Waals surface area contributed by atoms with E-state index in [9.17, 15) is 13.2 Å². The Morgan fingerprint density at radius 1 is 1.58 bits per heavy atom. The van der Waals surface area contributed by atoms with Crippen LogP contribution in [0.3, 0.4) is 0 Å². The fourth-order valence-corrected chi connectivity index (χ4v) is 1.48. The predicted octanol–water partition coefficient (Wildman–Crippen LogP) is 2.39. The third-order valence-electron chi connectivity index (χ3n) is 1.04. The minimum Gasteiger partial charge on any atom is -0.377 e. The summed E-state index contributed by atoms with van der Waals surface area (Å²) < 4.78 is 35.6. The molecule has 1 aromatic rings. The fourth-order valence-electron chi connectivity index (χ4n) is 0.533. The lowest BCUT2D eigenvalue weighted by molar-refractivity contribution is -0.206. The molecule has 7 heteroatoms. The first-order chi connectivity index (χ1) is 5.41. The summed E-state index contributed by atoms with van der Waals surface area (Å²) in [7, 11) is 0. The van der Waals surface area contributed by atoms with Crippen molar-refractivity contribution in [1.29, 1.82) is 0 Å². The van der Waals surface area contributed by atoms with Gasteiger partial charge in [0.1, 0.15) is 9.34 Å². The molecular weight excluding hydrogens is 215 g/mol. The molecule has 0 saturated carbocycles. The van der Waals surface area contributed by atoms with Gasteiger partial charge in [-0.2, -0.15) is 13.2 Å². The molecule has 0 aromatic carbocycles. The van der Waals surface area contributed by atoms with Gasteiger partial charge in [-0.3, -0.25) is 0 Å². The molecule has 1 rings (SSSR count). The third kappa shape index (κ3) is 2.09. The molecule has 0 bridgehead atoms. The summed E-state index contributed by atoms with van der Waals surface area (Å²) in [6, 6.07) is 0. The quantitative estimate of drug-likeness (QED) is 0.784. The van der Waals surface area contributed by atoms with Crippen molar-refractivity contribution in [2.45, 2.75) is 12.3 Å². The van der Waals surface area contributed by atoms with Crippen LogP contribution in [0.25, 0.3) is 0 Å². The van der Waals surface area contributed by atoms with E-state index in [0.717, 1.165) is 6.20 Å². The second-order valence-electron chi connectivity index (χ2n) is 1.95. The van der Waals surface area contributed by atoms with Crippen molar-refractivity contribution in [2.24, 2.45) is 0 Å². The standard InChI is InChI=1S/C5H3ClF3NOS/c6-2-1-10-4(12-2)3(11)5(7,8)9/h1,3,11H. The van der Waals surface area contributed by atoms with Crippen LogP contribution in [0.1, 0.15) is 11.1 Å². The summed E-state index contributed by atoms with van der Waals surface area (Å²) in [5, 5.41) is 8.20. The number of alkyl halides is 3. The molecule has 1 heterocycles. The number of hydrogen-bond acceptors (Lipinski definition) is 3. The van der Waals surface area contributed by atoms with Gasteiger partial charge in [0.2, 0.25) is 6.10 Å². The van der Waals surface area contributed by atoms with E-state index in [-0.39, 0.29) is 4.34 Å². The van der Waals surface area contributed by atoms with E-state index in [1.807, 2.05) is 0 Å². The number of aromatic nitrogens is 1. The van der Waals surface area contributed by atoms with Crippen LogP contribution in [0, 0.1) is 0 Å². The van der Waals surface area contributed by atoms with Gasteiger partial charge >= 0.3 is 6.18 Å². The van der Waals surface area contributed by atoms with Crippen LogP contribution in [0.4, 0.5) is 13.2 Å². The van der Waals surface area contributed by atoms with Crippen LogP contribution in [0.15, 0.2) is 6.20 Å². The lowest BCUT2D eigenvalue weighted by atomic mass is 10.4. The van der Waals surface area contributed by atoms with Crippen molar-refractivity contribution < 1.29 is 18.3 Å². The monoisotopic (exact) mass is 217 g/mol. The van der Waals surface area contributed by atoms with Crippen LogP contribution in [0.2, 0.25) is 4.34 Å². The summed E-state index contributed by atoms with van der Waals surface area (Å²) in [6.07, 6.45) is -6.15. The van der Waals surface area contributed by atoms with Gasteiger partial charge in [-0.05, 0) is 0 Å². The zero-order chi connectivity index (χ0) is 9.35. The Labute approximate surface area is 74.6 Å². The normalized spacial score (nSPS) is 14.8. The van der Waals surface area contributed by atoms with Gasteiger partial charge in [-0.15, -0.1) is 11.3 Å². The van der Waals surface area contributed by atoms with Crippen molar-refractivity contribution in [3.05, 3.63) is 15.5 Å². The van der Waals surface area contributed by atoms with Crippen LogP contribution in [-0.4, -0.2) is 16.3 Å². The van der Waals surface area contributed by atoms with Crippen molar-refractivity contribution in [3.8, 4) is 0 Å². The molecule has 0 fully saturated rings. The molecular formula is C5H3ClF3NOS. The van der Waals surface area contributed by atoms with Gasteiger partial charge < -0.3 is 5.11 Å². The maximum Gasteiger partial charge on any atom is 0.420 e. The first-order valence-electron chi connectivity index (χ1n) is 2.77. The summed E-state index contributed by atoms with van der Waals surface area (Å²) in [4.78, 5) is 3.30. The maximum absolute atomic E-state index is 11.8. The molecule has 1 unspecified atom stereocenters. The largest absolute Gasteiger partial charge is 0.420 e. The number of thiazole rings is 1. The van der Waals surface area contributed by atoms with Gasteiger partial charge in [0.25, 0.3) is 0 Å². The van der Waals surface area contributed by atoms with E-state index >= 15 is 0 Å². The highest BCUT2D eigenvalue weighted by Crippen LogP contribution is 2.35. The Hall–Kier alpha value is -0.330. The molecule has 2 nitrogen and oxygen atoms in total. The molecule has 0 spiro atoms. The number of halogens is 4. The molecule has 0 aliphatic heterocycles. The highest BCUT2D eigenvalue weighted by atomic mass is 35.5. The van der Waals surface area contributed by atoms with E-state index in [2.05, 4.69) is 4.98 Å². The first kappa shape index (κ1) is 9.76. The third-order valence-corrected chi connectivity index (χ3v) is 2.21. The lowest BCUT2D eigenvalue weighted by Crippen LogP contribution is -2.19. The summed E-state index contributed by atoms with van der Waals surface area (Å²) in [5.41, 5.74) is 0. The Morgan fingerprint density at radius 2 is 2.17 bits per heavy atom. The zero-order valence-electron chi connectivity index (χ0n) is 5.47.